The molecule has 55 heavy (non-hydrogen) atoms. The molecular formula is C39H46FN9O5S. The summed E-state index contributed by atoms with van der Waals surface area (Å²) in [5.74, 6) is 2.42. The lowest BCUT2D eigenvalue weighted by Crippen LogP contribution is -2.53. The number of ether oxygens (including phenoxy) is 3. The van der Waals surface area contributed by atoms with Crippen molar-refractivity contribution in [2.45, 2.75) is 45.9 Å². The molecule has 0 saturated carbocycles. The molecular weight excluding hydrogens is 726 g/mol. The van der Waals surface area contributed by atoms with Crippen LogP contribution in [0.4, 0.5) is 21.8 Å². The topological polar surface area (TPSA) is 148 Å². The molecule has 14 nitrogen and oxygen atoms in total. The molecule has 1 saturated heterocycles. The van der Waals surface area contributed by atoms with Gasteiger partial charge in [0, 0.05) is 57.1 Å². The Kier molecular flexibility index (Phi) is 12.1. The zero-order chi connectivity index (χ0) is 39.3. The van der Waals surface area contributed by atoms with Gasteiger partial charge in [0.15, 0.2) is 11.6 Å². The first kappa shape index (κ1) is 39.2. The average molecular weight is 772 g/mol. The Balaban J connectivity index is 1.41. The lowest BCUT2D eigenvalue weighted by Gasteiger charge is -2.42. The fourth-order valence-electron chi connectivity index (χ4n) is 6.60. The third kappa shape index (κ3) is 9.44. The van der Waals surface area contributed by atoms with Crippen LogP contribution in [0.25, 0.3) is 11.4 Å². The van der Waals surface area contributed by atoms with Gasteiger partial charge >= 0.3 is 0 Å². The summed E-state index contributed by atoms with van der Waals surface area (Å²) in [6.45, 7) is 8.17. The summed E-state index contributed by atoms with van der Waals surface area (Å²) in [5, 5.41) is 3.22. The van der Waals surface area contributed by atoms with Crippen molar-refractivity contribution in [2.24, 2.45) is 0 Å². The largest absolute Gasteiger partial charge is 0.497 e. The van der Waals surface area contributed by atoms with Crippen LogP contribution in [0, 0.1) is 12.7 Å². The first-order valence-electron chi connectivity index (χ1n) is 17.8. The van der Waals surface area contributed by atoms with Crippen LogP contribution in [0.3, 0.4) is 0 Å². The van der Waals surface area contributed by atoms with Gasteiger partial charge in [-0.05, 0) is 67.8 Å². The molecule has 1 N–H and O–H groups in total. The zero-order valence-corrected chi connectivity index (χ0v) is 32.8. The molecule has 1 fully saturated rings. The Morgan fingerprint density at radius 1 is 0.891 bits per heavy atom. The number of anilines is 3. The van der Waals surface area contributed by atoms with E-state index in [1.165, 1.54) is 29.9 Å². The summed E-state index contributed by atoms with van der Waals surface area (Å²) >= 11 is 0. The fraction of sp³-hybridized carbons (Fsp3) is 0.359. The number of sulfonamides is 1. The number of aryl methyl sites for hydroxylation is 1. The number of pyridine rings is 2. The van der Waals surface area contributed by atoms with Crippen molar-refractivity contribution in [3.05, 3.63) is 101 Å². The zero-order valence-electron chi connectivity index (χ0n) is 32.0. The highest BCUT2D eigenvalue weighted by atomic mass is 32.2. The van der Waals surface area contributed by atoms with Crippen LogP contribution in [0.2, 0.25) is 0 Å². The summed E-state index contributed by atoms with van der Waals surface area (Å²) in [5.41, 5.74) is 3.82. The van der Waals surface area contributed by atoms with Gasteiger partial charge in [-0.25, -0.2) is 27.8 Å². The molecule has 0 spiro atoms. The number of halogens is 1. The molecule has 1 aliphatic heterocycles. The maximum Gasteiger partial charge on any atom is 0.250 e. The first-order valence-corrected chi connectivity index (χ1v) is 19.6. The molecule has 6 rings (SSSR count). The van der Waals surface area contributed by atoms with E-state index >= 15 is 0 Å². The summed E-state index contributed by atoms with van der Waals surface area (Å²) in [7, 11) is 1.31. The fourth-order valence-corrected chi connectivity index (χ4v) is 7.50. The van der Waals surface area contributed by atoms with Crippen molar-refractivity contribution >= 4 is 27.5 Å². The van der Waals surface area contributed by atoms with Gasteiger partial charge < -0.3 is 24.4 Å². The minimum absolute atomic E-state index is 0.0523. The predicted octanol–water partition coefficient (Wildman–Crippen LogP) is 5.78. The predicted molar refractivity (Wildman–Crippen MR) is 209 cm³/mol. The summed E-state index contributed by atoms with van der Waals surface area (Å²) < 4.78 is 56.7. The maximum absolute atomic E-state index is 14.8. The normalized spacial score (nSPS) is 15.7. The van der Waals surface area contributed by atoms with Gasteiger partial charge in [0.05, 0.1) is 45.0 Å². The molecule has 1 aliphatic rings. The van der Waals surface area contributed by atoms with Crippen molar-refractivity contribution in [1.29, 1.82) is 0 Å². The van der Waals surface area contributed by atoms with Crippen LogP contribution in [-0.2, 0) is 23.1 Å². The Bertz CT molecular complexity index is 2160. The molecule has 0 bridgehead atoms. The van der Waals surface area contributed by atoms with Crippen LogP contribution in [-0.4, -0.2) is 95.8 Å². The van der Waals surface area contributed by atoms with Crippen molar-refractivity contribution in [1.82, 2.24) is 34.1 Å². The number of nitrogens with zero attached hydrogens (tertiary/aromatic N) is 8. The van der Waals surface area contributed by atoms with Crippen LogP contribution in [0.5, 0.6) is 17.4 Å². The van der Waals surface area contributed by atoms with E-state index in [1.54, 1.807) is 20.4 Å². The van der Waals surface area contributed by atoms with Gasteiger partial charge in [-0.2, -0.15) is 14.3 Å². The molecule has 5 aromatic rings. The van der Waals surface area contributed by atoms with E-state index in [1.807, 2.05) is 68.4 Å². The SMILES string of the molecule is COc1ccc(CN(Cc2ccc(OC)cc2)c2nc(C)nc(-c3cc([C@@H](C)N4CCN(S(C)(=O)=O)C[C@@H]4C)cnc3Nc3cnc(OC)c(F)c3)n2)cc1. The molecule has 2 atom stereocenters. The molecule has 0 amide bonds. The van der Waals surface area contributed by atoms with Crippen LogP contribution >= 0.6 is 0 Å². The average Bonchev–Trinajstić information content (AvgIpc) is 3.17. The number of hydrogen-bond acceptors (Lipinski definition) is 13. The highest BCUT2D eigenvalue weighted by Crippen LogP contribution is 2.34. The number of rotatable bonds is 14. The number of methoxy groups -OCH3 is 3. The van der Waals surface area contributed by atoms with Gasteiger partial charge in [-0.3, -0.25) is 4.90 Å². The summed E-state index contributed by atoms with van der Waals surface area (Å²) in [6, 6.07) is 18.7. The Morgan fingerprint density at radius 3 is 2.07 bits per heavy atom. The lowest BCUT2D eigenvalue weighted by atomic mass is 10.0. The molecule has 290 valence electrons. The molecule has 3 aromatic heterocycles. The number of aromatic nitrogens is 5. The van der Waals surface area contributed by atoms with Gasteiger partial charge in [-0.15, -0.1) is 0 Å². The highest BCUT2D eigenvalue weighted by Gasteiger charge is 2.32. The molecule has 16 heteroatoms. The van der Waals surface area contributed by atoms with E-state index in [-0.39, 0.29) is 18.0 Å². The Morgan fingerprint density at radius 2 is 1.53 bits per heavy atom. The Hall–Kier alpha value is -5.45. The number of benzene rings is 2. The lowest BCUT2D eigenvalue weighted by molar-refractivity contribution is 0.0906. The van der Waals surface area contributed by atoms with E-state index in [4.69, 9.17) is 34.1 Å². The molecule has 0 unspecified atom stereocenters. The maximum atomic E-state index is 14.8. The smallest absolute Gasteiger partial charge is 0.250 e. The van der Waals surface area contributed by atoms with Crippen molar-refractivity contribution < 1.29 is 27.0 Å². The second kappa shape index (κ2) is 16.9. The second-order valence-corrected chi connectivity index (χ2v) is 15.4. The molecule has 0 aliphatic carbocycles. The Labute approximate surface area is 321 Å². The summed E-state index contributed by atoms with van der Waals surface area (Å²) in [4.78, 5) is 27.9. The monoisotopic (exact) mass is 771 g/mol. The standard InChI is InChI=1S/C39H46FN9O5S/c1-25-22-48(55(7,50)51)16-17-49(25)26(2)30-18-34(36(41-20-30)45-31-19-35(40)38(54-6)42-21-31)37-43-27(3)44-39(46-37)47(23-28-8-12-32(52-4)13-9-28)24-29-10-14-33(53-5)15-11-29/h8-15,18-21,25-26H,16-17,22-24H2,1-7H3,(H,41,45)/t25-,26+/m0/s1. The molecule has 4 heterocycles. The second-order valence-electron chi connectivity index (χ2n) is 13.4. The van der Waals surface area contributed by atoms with Gasteiger partial charge in [0.2, 0.25) is 21.9 Å². The first-order chi connectivity index (χ1) is 26.3. The van der Waals surface area contributed by atoms with E-state index in [9.17, 15) is 12.8 Å². The number of nitrogens with one attached hydrogen (secondary N) is 1. The number of piperazine rings is 1. The van der Waals surface area contributed by atoms with E-state index in [0.29, 0.717) is 67.4 Å². The minimum Gasteiger partial charge on any atom is -0.497 e. The third-order valence-corrected chi connectivity index (χ3v) is 10.9. The molecule has 2 aromatic carbocycles. The van der Waals surface area contributed by atoms with Gasteiger partial charge in [0.1, 0.15) is 23.1 Å². The van der Waals surface area contributed by atoms with Crippen LogP contribution in [0.15, 0.2) is 73.1 Å². The summed E-state index contributed by atoms with van der Waals surface area (Å²) in [6.07, 6.45) is 4.46. The van der Waals surface area contributed by atoms with Gasteiger partial charge in [0.25, 0.3) is 0 Å². The number of hydrogen-bond donors (Lipinski definition) is 1. The quantitative estimate of drug-likeness (QED) is 0.146. The van der Waals surface area contributed by atoms with Crippen molar-refractivity contribution in [3.63, 3.8) is 0 Å². The van der Waals surface area contributed by atoms with Gasteiger partial charge in [-0.1, -0.05) is 24.3 Å². The van der Waals surface area contributed by atoms with Crippen molar-refractivity contribution in [2.75, 3.05) is 57.4 Å². The van der Waals surface area contributed by atoms with Crippen molar-refractivity contribution in [3.8, 4) is 28.8 Å². The van der Waals surface area contributed by atoms with E-state index < -0.39 is 15.8 Å². The van der Waals surface area contributed by atoms with E-state index in [2.05, 4.69) is 27.0 Å². The van der Waals surface area contributed by atoms with Crippen LogP contribution in [0.1, 0.15) is 42.4 Å². The minimum atomic E-state index is -3.31. The molecule has 0 radical (unpaired) electrons. The highest BCUT2D eigenvalue weighted by molar-refractivity contribution is 7.88. The van der Waals surface area contributed by atoms with Crippen LogP contribution < -0.4 is 24.4 Å². The third-order valence-electron chi connectivity index (χ3n) is 9.59. The van der Waals surface area contributed by atoms with E-state index in [0.717, 1.165) is 28.2 Å².